The molecule has 3 heteroatoms. The van der Waals surface area contributed by atoms with Crippen molar-refractivity contribution in [1.82, 2.24) is 0 Å². The number of rotatable bonds is 2. The van der Waals surface area contributed by atoms with Crippen LogP contribution in [0.1, 0.15) is 0 Å². The van der Waals surface area contributed by atoms with Gasteiger partial charge in [0, 0.05) is 0 Å². The second-order valence-corrected chi connectivity index (χ2v) is 8.15. The van der Waals surface area contributed by atoms with Gasteiger partial charge in [0.1, 0.15) is 0 Å². The molecule has 0 aromatic heterocycles. The van der Waals surface area contributed by atoms with E-state index in [0.29, 0.717) is 0 Å². The van der Waals surface area contributed by atoms with Gasteiger partial charge in [-0.2, -0.15) is 0 Å². The Labute approximate surface area is 53.2 Å². The van der Waals surface area contributed by atoms with Gasteiger partial charge in [-0.15, -0.1) is 0 Å². The van der Waals surface area contributed by atoms with Gasteiger partial charge in [0.2, 0.25) is 0 Å². The average molecular weight is 214 g/mol. The Hall–Kier alpha value is 1.45. The van der Waals surface area contributed by atoms with Crippen molar-refractivity contribution < 1.29 is 0 Å². The monoisotopic (exact) mass is 213 g/mol. The topological polar surface area (TPSA) is 0 Å². The molecule has 0 aromatic carbocycles. The molecule has 0 N–H and O–H groups in total. The van der Waals surface area contributed by atoms with Crippen molar-refractivity contribution >= 4 is 46.1 Å². The van der Waals surface area contributed by atoms with Crippen LogP contribution in [0.25, 0.3) is 0 Å². The van der Waals surface area contributed by atoms with Crippen LogP contribution in [0.3, 0.4) is 0 Å². The molecule has 0 saturated carbocycles. The van der Waals surface area contributed by atoms with E-state index in [1.165, 1.54) is 0 Å². The van der Waals surface area contributed by atoms with Crippen molar-refractivity contribution in [2.75, 3.05) is 7.27 Å². The van der Waals surface area contributed by atoms with Crippen molar-refractivity contribution in [3.8, 4) is 0 Å². The maximum absolute atomic E-state index is 5.30. The quantitative estimate of drug-likeness (QED) is 0.603. The SMILES string of the molecule is Cl[CH2][In][CH2]Cl. The summed E-state index contributed by atoms with van der Waals surface area (Å²) in [5.41, 5.74) is 0. The van der Waals surface area contributed by atoms with E-state index in [0.717, 1.165) is 7.27 Å². The standard InChI is InChI=1S/2CH2Cl.In/c2*1-2;/h2*1H2;. The van der Waals surface area contributed by atoms with Crippen molar-refractivity contribution in [2.45, 2.75) is 0 Å². The summed E-state index contributed by atoms with van der Waals surface area (Å²) in [6.07, 6.45) is 0. The molecule has 0 saturated heterocycles. The van der Waals surface area contributed by atoms with E-state index in [-0.39, 0.29) is 22.9 Å². The van der Waals surface area contributed by atoms with Crippen LogP contribution in [0.5, 0.6) is 0 Å². The van der Waals surface area contributed by atoms with Gasteiger partial charge in [-0.25, -0.2) is 0 Å². The van der Waals surface area contributed by atoms with Crippen LogP contribution in [0.4, 0.5) is 0 Å². The summed E-state index contributed by atoms with van der Waals surface area (Å²) in [5.74, 6) is 0. The fourth-order valence-corrected chi connectivity index (χ4v) is 2.49. The first-order valence-electron chi connectivity index (χ1n) is 1.35. The second-order valence-electron chi connectivity index (χ2n) is 0.597. The predicted octanol–water partition coefficient (Wildman–Crippen LogP) is 1.08. The van der Waals surface area contributed by atoms with Crippen LogP contribution in [-0.4, -0.2) is 30.2 Å². The summed E-state index contributed by atoms with van der Waals surface area (Å²) in [7, 11) is 0. The fourth-order valence-electron chi connectivity index (χ4n) is 0.0412. The van der Waals surface area contributed by atoms with Gasteiger partial charge in [0.15, 0.2) is 0 Å². The Balaban J connectivity index is 2.19. The van der Waals surface area contributed by atoms with E-state index in [2.05, 4.69) is 0 Å². The van der Waals surface area contributed by atoms with E-state index in [1.807, 2.05) is 0 Å². The fraction of sp³-hybridized carbons (Fsp3) is 1.00. The van der Waals surface area contributed by atoms with Crippen molar-refractivity contribution in [2.24, 2.45) is 0 Å². The second kappa shape index (κ2) is 5.45. The zero-order valence-corrected chi connectivity index (χ0v) is 7.55. The molecule has 0 spiro atoms. The molecule has 0 aliphatic heterocycles. The first-order valence-corrected chi connectivity index (χ1v) is 7.08. The average Bonchev–Trinajstić information content (AvgIpc) is 1.41. The Morgan fingerprint density at radius 3 is 1.60 bits per heavy atom. The number of halogens is 2. The minimum absolute atomic E-state index is 0.389. The normalized spacial score (nSPS) is 7.60. The molecule has 0 aliphatic carbocycles. The van der Waals surface area contributed by atoms with E-state index in [1.54, 1.807) is 0 Å². The van der Waals surface area contributed by atoms with Crippen LogP contribution < -0.4 is 0 Å². The molecule has 29 valence electrons. The van der Waals surface area contributed by atoms with E-state index in [9.17, 15) is 0 Å². The molecule has 1 radical (unpaired) electrons. The molecule has 0 bridgehead atoms. The van der Waals surface area contributed by atoms with Crippen molar-refractivity contribution in [3.05, 3.63) is 0 Å². The maximum atomic E-state index is 5.30. The van der Waals surface area contributed by atoms with Crippen LogP contribution in [0.2, 0.25) is 0 Å². The van der Waals surface area contributed by atoms with E-state index >= 15 is 0 Å². The van der Waals surface area contributed by atoms with Gasteiger partial charge >= 0.3 is 53.4 Å². The van der Waals surface area contributed by atoms with Crippen LogP contribution in [0, 0.1) is 0 Å². The van der Waals surface area contributed by atoms with Crippen molar-refractivity contribution in [1.29, 1.82) is 0 Å². The van der Waals surface area contributed by atoms with Crippen LogP contribution in [-0.2, 0) is 0 Å². The molecule has 0 heterocycles. The summed E-state index contributed by atoms with van der Waals surface area (Å²) in [6.45, 7) is 0. The van der Waals surface area contributed by atoms with Crippen LogP contribution >= 0.6 is 23.2 Å². The number of hydrogen-bond acceptors (Lipinski definition) is 0. The zero-order valence-electron chi connectivity index (χ0n) is 2.75. The summed E-state index contributed by atoms with van der Waals surface area (Å²) in [5, 5.41) is 0. The third-order valence-electron chi connectivity index (χ3n) is 0.218. The zero-order chi connectivity index (χ0) is 4.12. The van der Waals surface area contributed by atoms with Gasteiger partial charge < -0.3 is 0 Å². The Kier molecular flexibility index (Phi) is 7.03. The van der Waals surface area contributed by atoms with Gasteiger partial charge in [0.25, 0.3) is 0 Å². The molecule has 0 fully saturated rings. The Bertz CT molecular complexity index is 15.1. The molecule has 0 aromatic rings. The third kappa shape index (κ3) is 5.45. The number of hydrogen-bond donors (Lipinski definition) is 0. The third-order valence-corrected chi connectivity index (χ3v) is 4.39. The summed E-state index contributed by atoms with van der Waals surface area (Å²) in [4.78, 5) is 0. The van der Waals surface area contributed by atoms with Crippen LogP contribution in [0.15, 0.2) is 0 Å². The molecule has 0 aliphatic rings. The van der Waals surface area contributed by atoms with E-state index in [4.69, 9.17) is 23.2 Å². The molecule has 0 amide bonds. The Morgan fingerprint density at radius 1 is 1.20 bits per heavy atom. The summed E-state index contributed by atoms with van der Waals surface area (Å²) < 4.78 is 1.75. The Morgan fingerprint density at radius 2 is 1.60 bits per heavy atom. The molecule has 0 nitrogen and oxygen atoms in total. The minimum atomic E-state index is -0.389. The first kappa shape index (κ1) is 6.45. The van der Waals surface area contributed by atoms with Gasteiger partial charge in [0.05, 0.1) is 0 Å². The first-order chi connectivity index (χ1) is 2.41. The molecule has 0 unspecified atom stereocenters. The van der Waals surface area contributed by atoms with Gasteiger partial charge in [-0.3, -0.25) is 0 Å². The van der Waals surface area contributed by atoms with Gasteiger partial charge in [-0.05, 0) is 0 Å². The predicted molar refractivity (Wildman–Crippen MR) is 27.2 cm³/mol. The molecular weight excluding hydrogens is 210 g/mol. The molecule has 0 rings (SSSR count). The summed E-state index contributed by atoms with van der Waals surface area (Å²) >= 11 is 10.2. The van der Waals surface area contributed by atoms with Crippen molar-refractivity contribution in [3.63, 3.8) is 0 Å². The molecular formula is C2H4Cl2In. The van der Waals surface area contributed by atoms with Gasteiger partial charge in [-0.1, -0.05) is 0 Å². The number of alkyl halides is 2. The van der Waals surface area contributed by atoms with E-state index < -0.39 is 0 Å². The molecule has 5 heavy (non-hydrogen) atoms. The molecule has 0 atom stereocenters. The summed E-state index contributed by atoms with van der Waals surface area (Å²) in [6, 6.07) is 0.